The first-order valence-corrected chi connectivity index (χ1v) is 4.69. The van der Waals surface area contributed by atoms with Crippen LogP contribution < -0.4 is 0 Å². The molecule has 2 heterocycles. The molecule has 0 aliphatic carbocycles. The average Bonchev–Trinajstić information content (AvgIpc) is 2.77. The van der Waals surface area contributed by atoms with E-state index in [1.165, 1.54) is 6.20 Å². The van der Waals surface area contributed by atoms with E-state index in [0.717, 1.165) is 17.1 Å². The number of rotatable bonds is 2. The fraction of sp³-hybridized carbons (Fsp3) is 0.200. The van der Waals surface area contributed by atoms with Gasteiger partial charge in [-0.2, -0.15) is 18.3 Å². The van der Waals surface area contributed by atoms with Crippen molar-refractivity contribution < 1.29 is 18.3 Å². The van der Waals surface area contributed by atoms with Crippen molar-refractivity contribution in [1.82, 2.24) is 14.8 Å². The lowest BCUT2D eigenvalue weighted by molar-refractivity contribution is -0.137. The number of aliphatic hydroxyl groups excluding tert-OH is 1. The molecule has 0 spiro atoms. The van der Waals surface area contributed by atoms with Gasteiger partial charge in [-0.1, -0.05) is 6.07 Å². The maximum atomic E-state index is 12.4. The molecule has 2 aromatic heterocycles. The van der Waals surface area contributed by atoms with Gasteiger partial charge in [0.1, 0.15) is 0 Å². The molecule has 2 aromatic rings. The van der Waals surface area contributed by atoms with Gasteiger partial charge in [-0.3, -0.25) is 0 Å². The monoisotopic (exact) mass is 243 g/mol. The van der Waals surface area contributed by atoms with Gasteiger partial charge in [-0.05, 0) is 6.07 Å². The van der Waals surface area contributed by atoms with E-state index in [2.05, 4.69) is 10.1 Å². The molecule has 7 heteroatoms. The fourth-order valence-electron chi connectivity index (χ4n) is 1.34. The topological polar surface area (TPSA) is 50.9 Å². The van der Waals surface area contributed by atoms with Gasteiger partial charge < -0.3 is 5.11 Å². The Morgan fingerprint density at radius 3 is 2.71 bits per heavy atom. The summed E-state index contributed by atoms with van der Waals surface area (Å²) in [5, 5.41) is 12.6. The molecule has 1 N–H and O–H groups in total. The minimum atomic E-state index is -4.44. The summed E-state index contributed by atoms with van der Waals surface area (Å²) in [7, 11) is 0. The number of aliphatic hydroxyl groups is 1. The number of alkyl halides is 3. The van der Waals surface area contributed by atoms with Crippen LogP contribution in [0.3, 0.4) is 0 Å². The number of nitrogens with zero attached hydrogens (tertiary/aromatic N) is 3. The molecular weight excluding hydrogens is 235 g/mol. The summed E-state index contributed by atoms with van der Waals surface area (Å²) < 4.78 is 38.1. The molecule has 0 unspecified atom stereocenters. The lowest BCUT2D eigenvalue weighted by Gasteiger charge is -2.05. The Morgan fingerprint density at radius 1 is 1.35 bits per heavy atom. The summed E-state index contributed by atoms with van der Waals surface area (Å²) in [6, 6.07) is 3.15. The summed E-state index contributed by atoms with van der Waals surface area (Å²) in [6.45, 7) is -0.315. The molecule has 2 rings (SSSR count). The normalized spacial score (nSPS) is 11.8. The van der Waals surface area contributed by atoms with Crippen LogP contribution in [0.2, 0.25) is 0 Å². The van der Waals surface area contributed by atoms with E-state index in [4.69, 9.17) is 5.11 Å². The molecule has 90 valence electrons. The van der Waals surface area contributed by atoms with Crippen LogP contribution in [-0.2, 0) is 12.8 Å². The summed E-state index contributed by atoms with van der Waals surface area (Å²) >= 11 is 0. The van der Waals surface area contributed by atoms with E-state index in [9.17, 15) is 13.2 Å². The quantitative estimate of drug-likeness (QED) is 0.874. The van der Waals surface area contributed by atoms with Gasteiger partial charge >= 0.3 is 6.18 Å². The summed E-state index contributed by atoms with van der Waals surface area (Å²) in [5.74, 6) is 0.186. The summed E-state index contributed by atoms with van der Waals surface area (Å²) in [5.41, 5.74) is -0.448. The van der Waals surface area contributed by atoms with Crippen LogP contribution in [0.15, 0.2) is 30.7 Å². The number of aromatic nitrogens is 3. The first kappa shape index (κ1) is 11.6. The van der Waals surface area contributed by atoms with Gasteiger partial charge in [0.05, 0.1) is 18.4 Å². The van der Waals surface area contributed by atoms with Gasteiger partial charge in [0.2, 0.25) is 0 Å². The minimum absolute atomic E-state index is 0.186. The van der Waals surface area contributed by atoms with Crippen molar-refractivity contribution in [1.29, 1.82) is 0 Å². The molecular formula is C10H8F3N3O. The number of pyridine rings is 1. The van der Waals surface area contributed by atoms with Gasteiger partial charge in [-0.25, -0.2) is 9.67 Å². The van der Waals surface area contributed by atoms with Gasteiger partial charge in [0.15, 0.2) is 5.82 Å². The lowest BCUT2D eigenvalue weighted by atomic mass is 10.3. The van der Waals surface area contributed by atoms with Crippen molar-refractivity contribution in [3.8, 4) is 5.82 Å². The SMILES string of the molecule is OCc1cccnc1-n1cc(C(F)(F)F)cn1. The molecule has 0 amide bonds. The molecule has 0 radical (unpaired) electrons. The van der Waals surface area contributed by atoms with Crippen LogP contribution in [0.25, 0.3) is 5.82 Å². The second kappa shape index (κ2) is 4.17. The largest absolute Gasteiger partial charge is 0.419 e. The zero-order valence-corrected chi connectivity index (χ0v) is 8.52. The van der Waals surface area contributed by atoms with Crippen LogP contribution in [0.5, 0.6) is 0 Å². The maximum absolute atomic E-state index is 12.4. The van der Waals surface area contributed by atoms with Crippen molar-refractivity contribution in [2.45, 2.75) is 12.8 Å². The van der Waals surface area contributed by atoms with E-state index in [0.29, 0.717) is 5.56 Å². The predicted molar refractivity (Wildman–Crippen MR) is 52.3 cm³/mol. The van der Waals surface area contributed by atoms with Crippen LogP contribution in [0.4, 0.5) is 13.2 Å². The van der Waals surface area contributed by atoms with Crippen molar-refractivity contribution in [3.05, 3.63) is 41.9 Å². The van der Waals surface area contributed by atoms with Crippen molar-refractivity contribution in [2.75, 3.05) is 0 Å². The van der Waals surface area contributed by atoms with E-state index >= 15 is 0 Å². The minimum Gasteiger partial charge on any atom is -0.392 e. The second-order valence-corrected chi connectivity index (χ2v) is 3.32. The van der Waals surface area contributed by atoms with E-state index in [1.54, 1.807) is 12.1 Å². The third-order valence-corrected chi connectivity index (χ3v) is 2.16. The van der Waals surface area contributed by atoms with Gasteiger partial charge in [-0.15, -0.1) is 0 Å². The standard InChI is InChI=1S/C10H8F3N3O/c11-10(12,13)8-4-15-16(5-8)9-7(6-17)2-1-3-14-9/h1-5,17H,6H2. The molecule has 0 bridgehead atoms. The Kier molecular flexibility index (Phi) is 2.84. The maximum Gasteiger partial charge on any atom is 0.419 e. The third-order valence-electron chi connectivity index (χ3n) is 2.16. The second-order valence-electron chi connectivity index (χ2n) is 3.32. The Labute approximate surface area is 94.3 Å². The first-order chi connectivity index (χ1) is 8.02. The molecule has 0 saturated carbocycles. The molecule has 0 aliphatic heterocycles. The first-order valence-electron chi connectivity index (χ1n) is 4.69. The highest BCUT2D eigenvalue weighted by Gasteiger charge is 2.32. The van der Waals surface area contributed by atoms with E-state index < -0.39 is 11.7 Å². The molecule has 0 aliphatic rings. The number of hydrogen-bond acceptors (Lipinski definition) is 3. The van der Waals surface area contributed by atoms with E-state index in [1.807, 2.05) is 0 Å². The van der Waals surface area contributed by atoms with Crippen molar-refractivity contribution in [3.63, 3.8) is 0 Å². The predicted octanol–water partition coefficient (Wildman–Crippen LogP) is 1.78. The van der Waals surface area contributed by atoms with Crippen LogP contribution in [-0.4, -0.2) is 19.9 Å². The smallest absolute Gasteiger partial charge is 0.392 e. The Balaban J connectivity index is 2.44. The lowest BCUT2D eigenvalue weighted by Crippen LogP contribution is -2.05. The molecule has 17 heavy (non-hydrogen) atoms. The molecule has 0 atom stereocenters. The zero-order chi connectivity index (χ0) is 12.5. The highest BCUT2D eigenvalue weighted by molar-refractivity contribution is 5.33. The molecule has 0 saturated heterocycles. The van der Waals surface area contributed by atoms with Crippen LogP contribution >= 0.6 is 0 Å². The molecule has 0 aromatic carbocycles. The van der Waals surface area contributed by atoms with Crippen molar-refractivity contribution in [2.24, 2.45) is 0 Å². The summed E-state index contributed by atoms with van der Waals surface area (Å²) in [4.78, 5) is 3.89. The Morgan fingerprint density at radius 2 is 2.12 bits per heavy atom. The highest BCUT2D eigenvalue weighted by atomic mass is 19.4. The van der Waals surface area contributed by atoms with Crippen molar-refractivity contribution >= 4 is 0 Å². The average molecular weight is 243 g/mol. The van der Waals surface area contributed by atoms with Crippen LogP contribution in [0, 0.1) is 0 Å². The fourth-order valence-corrected chi connectivity index (χ4v) is 1.34. The molecule has 0 fully saturated rings. The zero-order valence-electron chi connectivity index (χ0n) is 8.52. The Bertz CT molecular complexity index is 522. The van der Waals surface area contributed by atoms with Gasteiger partial charge in [0, 0.05) is 18.0 Å². The molecule has 4 nitrogen and oxygen atoms in total. The summed E-state index contributed by atoms with van der Waals surface area (Å²) in [6.07, 6.45) is -1.47. The van der Waals surface area contributed by atoms with E-state index in [-0.39, 0.29) is 12.4 Å². The Hall–Kier alpha value is -1.89. The highest BCUT2D eigenvalue weighted by Crippen LogP contribution is 2.29. The number of hydrogen-bond donors (Lipinski definition) is 1. The van der Waals surface area contributed by atoms with Crippen LogP contribution in [0.1, 0.15) is 11.1 Å². The van der Waals surface area contributed by atoms with Gasteiger partial charge in [0.25, 0.3) is 0 Å². The third kappa shape index (κ3) is 2.28. The number of halogens is 3.